The van der Waals surface area contributed by atoms with Gasteiger partial charge in [-0.2, -0.15) is 10.4 Å². The molecule has 0 saturated heterocycles. The topological polar surface area (TPSA) is 61.1 Å². The Morgan fingerprint density at radius 3 is 2.54 bits per heavy atom. The number of aromatic nitrogens is 1. The molecule has 1 N–H and O–H groups in total. The fraction of sp³-hybridized carbons (Fsp3) is 0.190. The Bertz CT molecular complexity index is 1020. The van der Waals surface area contributed by atoms with Gasteiger partial charge in [-0.3, -0.25) is 5.43 Å². The molecule has 4 nitrogen and oxygen atoms in total. The van der Waals surface area contributed by atoms with E-state index in [0.717, 1.165) is 22.5 Å². The number of hydrogen-bond acceptors (Lipinski definition) is 5. The maximum absolute atomic E-state index is 9.48. The van der Waals surface area contributed by atoms with Gasteiger partial charge in [-0.1, -0.05) is 29.8 Å². The van der Waals surface area contributed by atoms with E-state index in [9.17, 15) is 5.26 Å². The minimum atomic E-state index is 0.282. The molecule has 0 radical (unpaired) electrons. The van der Waals surface area contributed by atoms with Crippen molar-refractivity contribution < 1.29 is 0 Å². The van der Waals surface area contributed by atoms with Crippen LogP contribution in [-0.4, -0.2) is 10.7 Å². The Labute approximate surface area is 157 Å². The average molecular weight is 360 g/mol. The summed E-state index contributed by atoms with van der Waals surface area (Å²) in [5.41, 5.74) is 10.8. The first-order chi connectivity index (χ1) is 12.5. The van der Waals surface area contributed by atoms with Crippen molar-refractivity contribution in [1.29, 1.82) is 5.26 Å². The van der Waals surface area contributed by atoms with Crippen LogP contribution < -0.4 is 5.43 Å². The molecule has 0 atom stereocenters. The lowest BCUT2D eigenvalue weighted by Gasteiger charge is -2.05. The summed E-state index contributed by atoms with van der Waals surface area (Å²) in [6, 6.07) is 14.4. The van der Waals surface area contributed by atoms with Gasteiger partial charge in [-0.05, 0) is 56.5 Å². The van der Waals surface area contributed by atoms with E-state index in [1.54, 1.807) is 0 Å². The molecule has 0 amide bonds. The molecule has 5 heteroatoms. The second-order valence-electron chi connectivity index (χ2n) is 6.34. The van der Waals surface area contributed by atoms with Crippen LogP contribution in [0.5, 0.6) is 0 Å². The van der Waals surface area contributed by atoms with Crippen LogP contribution in [0.3, 0.4) is 0 Å². The highest BCUT2D eigenvalue weighted by Gasteiger charge is 2.11. The fourth-order valence-corrected chi connectivity index (χ4v) is 3.36. The largest absolute Gasteiger partial charge is 0.277 e. The van der Waals surface area contributed by atoms with Gasteiger partial charge in [0.2, 0.25) is 0 Å². The van der Waals surface area contributed by atoms with Crippen molar-refractivity contribution in [1.82, 2.24) is 4.98 Å². The third-order valence-corrected chi connectivity index (χ3v) is 5.13. The number of benzene rings is 2. The highest BCUT2D eigenvalue weighted by molar-refractivity contribution is 7.12. The monoisotopic (exact) mass is 360 g/mol. The van der Waals surface area contributed by atoms with Crippen LogP contribution in [0.2, 0.25) is 0 Å². The standard InChI is InChI=1S/C21H20N4S/c1-13-5-8-18(16(4)9-13)24-25-19(11-22)21-23-20(12-26-21)17-7-6-14(2)15(3)10-17/h5-10,12,24H,1-4H3. The van der Waals surface area contributed by atoms with E-state index >= 15 is 0 Å². The van der Waals surface area contributed by atoms with Gasteiger partial charge in [0.25, 0.3) is 0 Å². The lowest BCUT2D eigenvalue weighted by atomic mass is 10.1. The van der Waals surface area contributed by atoms with E-state index in [1.165, 1.54) is 28.0 Å². The normalized spacial score (nSPS) is 11.3. The van der Waals surface area contributed by atoms with E-state index in [2.05, 4.69) is 59.7 Å². The number of aryl methyl sites for hydroxylation is 4. The molecule has 0 aliphatic carbocycles. The number of nitriles is 1. The van der Waals surface area contributed by atoms with Crippen LogP contribution in [0, 0.1) is 39.0 Å². The van der Waals surface area contributed by atoms with Crippen LogP contribution in [0.4, 0.5) is 5.69 Å². The summed E-state index contributed by atoms with van der Waals surface area (Å²) in [7, 11) is 0. The van der Waals surface area contributed by atoms with Crippen LogP contribution in [0.1, 0.15) is 27.3 Å². The smallest absolute Gasteiger partial charge is 0.196 e. The summed E-state index contributed by atoms with van der Waals surface area (Å²) in [5, 5.41) is 16.3. The first-order valence-electron chi connectivity index (χ1n) is 8.32. The Morgan fingerprint density at radius 1 is 1.04 bits per heavy atom. The van der Waals surface area contributed by atoms with Crippen molar-refractivity contribution in [3.63, 3.8) is 0 Å². The van der Waals surface area contributed by atoms with Crippen molar-refractivity contribution in [2.75, 3.05) is 5.43 Å². The first-order valence-corrected chi connectivity index (χ1v) is 9.20. The molecule has 2 aromatic carbocycles. The zero-order valence-corrected chi connectivity index (χ0v) is 16.1. The summed E-state index contributed by atoms with van der Waals surface area (Å²) in [6.07, 6.45) is 0. The van der Waals surface area contributed by atoms with E-state index in [4.69, 9.17) is 0 Å². The van der Waals surface area contributed by atoms with Gasteiger partial charge in [-0.25, -0.2) is 4.98 Å². The van der Waals surface area contributed by atoms with E-state index < -0.39 is 0 Å². The Balaban J connectivity index is 1.86. The van der Waals surface area contributed by atoms with E-state index in [-0.39, 0.29) is 5.71 Å². The number of rotatable bonds is 4. The predicted molar refractivity (Wildman–Crippen MR) is 109 cm³/mol. The molecular formula is C21H20N4S. The second-order valence-corrected chi connectivity index (χ2v) is 7.20. The molecule has 1 heterocycles. The highest BCUT2D eigenvalue weighted by atomic mass is 32.1. The summed E-state index contributed by atoms with van der Waals surface area (Å²) >= 11 is 1.42. The van der Waals surface area contributed by atoms with Crippen molar-refractivity contribution in [3.05, 3.63) is 69.0 Å². The van der Waals surface area contributed by atoms with Gasteiger partial charge in [0, 0.05) is 10.9 Å². The molecule has 0 unspecified atom stereocenters. The van der Waals surface area contributed by atoms with Crippen LogP contribution in [0.25, 0.3) is 11.3 Å². The van der Waals surface area contributed by atoms with Crippen molar-refractivity contribution in [3.8, 4) is 17.3 Å². The minimum absolute atomic E-state index is 0.282. The summed E-state index contributed by atoms with van der Waals surface area (Å²) < 4.78 is 0. The Kier molecular flexibility index (Phi) is 5.15. The first kappa shape index (κ1) is 17.8. The lowest BCUT2D eigenvalue weighted by Crippen LogP contribution is -2.02. The molecule has 0 aliphatic heterocycles. The molecule has 26 heavy (non-hydrogen) atoms. The number of thiazole rings is 1. The van der Waals surface area contributed by atoms with E-state index in [1.807, 2.05) is 31.4 Å². The average Bonchev–Trinajstić information content (AvgIpc) is 3.09. The van der Waals surface area contributed by atoms with Crippen molar-refractivity contribution >= 4 is 22.7 Å². The molecule has 1 aromatic heterocycles. The minimum Gasteiger partial charge on any atom is -0.277 e. The predicted octanol–water partition coefficient (Wildman–Crippen LogP) is 5.38. The van der Waals surface area contributed by atoms with Crippen LogP contribution in [-0.2, 0) is 0 Å². The third kappa shape index (κ3) is 3.81. The highest BCUT2D eigenvalue weighted by Crippen LogP contribution is 2.24. The second kappa shape index (κ2) is 7.51. The summed E-state index contributed by atoms with van der Waals surface area (Å²) in [6.45, 7) is 8.23. The SMILES string of the molecule is Cc1ccc(NN=C(C#N)c2nc(-c3ccc(C)c(C)c3)cs2)c(C)c1. The van der Waals surface area contributed by atoms with Gasteiger partial charge < -0.3 is 0 Å². The Morgan fingerprint density at radius 2 is 1.85 bits per heavy atom. The van der Waals surface area contributed by atoms with Gasteiger partial charge in [0.05, 0.1) is 11.4 Å². The number of nitrogens with one attached hydrogen (secondary N) is 1. The maximum atomic E-state index is 9.48. The number of hydrazone groups is 1. The molecule has 0 bridgehead atoms. The van der Waals surface area contributed by atoms with E-state index in [0.29, 0.717) is 5.01 Å². The third-order valence-electron chi connectivity index (χ3n) is 4.29. The van der Waals surface area contributed by atoms with Gasteiger partial charge >= 0.3 is 0 Å². The Hall–Kier alpha value is -2.97. The van der Waals surface area contributed by atoms with Gasteiger partial charge in [-0.15, -0.1) is 11.3 Å². The zero-order chi connectivity index (χ0) is 18.7. The summed E-state index contributed by atoms with van der Waals surface area (Å²) in [4.78, 5) is 4.60. The number of hydrogen-bond donors (Lipinski definition) is 1. The van der Waals surface area contributed by atoms with Crippen LogP contribution >= 0.6 is 11.3 Å². The maximum Gasteiger partial charge on any atom is 0.196 e. The fourth-order valence-electron chi connectivity index (χ4n) is 2.59. The molecule has 0 spiro atoms. The lowest BCUT2D eigenvalue weighted by molar-refractivity contribution is 1.27. The molecule has 0 saturated carbocycles. The summed E-state index contributed by atoms with van der Waals surface area (Å²) in [5.74, 6) is 0. The quantitative estimate of drug-likeness (QED) is 0.502. The molecule has 3 aromatic rings. The number of anilines is 1. The molecular weight excluding hydrogens is 340 g/mol. The van der Waals surface area contributed by atoms with Crippen LogP contribution in [0.15, 0.2) is 46.9 Å². The zero-order valence-electron chi connectivity index (χ0n) is 15.3. The molecule has 3 rings (SSSR count). The van der Waals surface area contributed by atoms with Crippen molar-refractivity contribution in [2.45, 2.75) is 27.7 Å². The molecule has 130 valence electrons. The number of nitrogens with zero attached hydrogens (tertiary/aromatic N) is 3. The molecule has 0 fully saturated rings. The van der Waals surface area contributed by atoms with Gasteiger partial charge in [0.1, 0.15) is 6.07 Å². The van der Waals surface area contributed by atoms with Crippen molar-refractivity contribution in [2.24, 2.45) is 5.10 Å². The molecule has 0 aliphatic rings. The van der Waals surface area contributed by atoms with Gasteiger partial charge in [0.15, 0.2) is 10.7 Å².